The van der Waals surface area contributed by atoms with Crippen LogP contribution in [0.3, 0.4) is 0 Å². The number of ether oxygens (including phenoxy) is 1. The van der Waals surface area contributed by atoms with Gasteiger partial charge in [0.2, 0.25) is 17.7 Å². The Labute approximate surface area is 329 Å². The van der Waals surface area contributed by atoms with Crippen molar-refractivity contribution in [1.82, 2.24) is 30.7 Å². The molecule has 2 heterocycles. The van der Waals surface area contributed by atoms with Crippen LogP contribution in [0.15, 0.2) is 48.5 Å². The fourth-order valence-corrected chi connectivity index (χ4v) is 7.35. The number of unbranched alkanes of at least 4 members (excludes halogenated alkanes) is 2. The lowest BCUT2D eigenvalue weighted by molar-refractivity contribution is -0.142. The van der Waals surface area contributed by atoms with Crippen molar-refractivity contribution in [2.75, 3.05) is 52.4 Å². The van der Waals surface area contributed by atoms with Gasteiger partial charge in [-0.2, -0.15) is 0 Å². The standard InChI is InChI=1S/C40H56Cl2N6O6/c1-5-43-36(51)40(27-29-13-8-6-9-14-29)18-12-20-48(28-40)35(50)33(26-30-16-17-31(41)32(42)25-30)45-37(52)47-23-21-46(22-24-47)34(49)15-10-7-11-19-44-38(53)54-39(2,3)4/h6,8-9,13-14,16-17,25,33H,5,7,10-12,15,18-24,26-28H2,1-4H3,(H,43,51)(H,44,53)(H,45,52)/t33?,40-/m0/s1. The van der Waals surface area contributed by atoms with Gasteiger partial charge < -0.3 is 35.4 Å². The number of piperazine rings is 1. The van der Waals surface area contributed by atoms with Crippen LogP contribution in [0.2, 0.25) is 10.0 Å². The zero-order valence-electron chi connectivity index (χ0n) is 32.1. The minimum absolute atomic E-state index is 0.0269. The molecule has 296 valence electrons. The van der Waals surface area contributed by atoms with Crippen LogP contribution in [-0.2, 0) is 32.0 Å². The largest absolute Gasteiger partial charge is 0.444 e. The molecule has 4 rings (SSSR count). The molecule has 2 aliphatic rings. The maximum atomic E-state index is 14.4. The normalized spacial score (nSPS) is 18.1. The van der Waals surface area contributed by atoms with Crippen LogP contribution >= 0.6 is 23.2 Å². The van der Waals surface area contributed by atoms with E-state index in [4.69, 9.17) is 27.9 Å². The highest BCUT2D eigenvalue weighted by atomic mass is 35.5. The van der Waals surface area contributed by atoms with Gasteiger partial charge in [0, 0.05) is 65.2 Å². The van der Waals surface area contributed by atoms with Crippen molar-refractivity contribution in [3.05, 3.63) is 69.7 Å². The summed E-state index contributed by atoms with van der Waals surface area (Å²) < 4.78 is 5.24. The number of halogens is 2. The Morgan fingerprint density at radius 2 is 1.54 bits per heavy atom. The number of piperidine rings is 1. The first-order chi connectivity index (χ1) is 25.7. The third-order valence-electron chi connectivity index (χ3n) is 9.77. The van der Waals surface area contributed by atoms with E-state index in [0.29, 0.717) is 88.0 Å². The highest BCUT2D eigenvalue weighted by molar-refractivity contribution is 6.42. The first kappa shape index (κ1) is 42.7. The summed E-state index contributed by atoms with van der Waals surface area (Å²) in [7, 11) is 0. The zero-order chi connectivity index (χ0) is 39.3. The van der Waals surface area contributed by atoms with Crippen LogP contribution in [-0.4, -0.2) is 109 Å². The maximum Gasteiger partial charge on any atom is 0.407 e. The second kappa shape index (κ2) is 20.0. The Morgan fingerprint density at radius 3 is 2.20 bits per heavy atom. The first-order valence-corrected chi connectivity index (χ1v) is 19.8. The van der Waals surface area contributed by atoms with Gasteiger partial charge in [-0.1, -0.05) is 66.0 Å². The van der Waals surface area contributed by atoms with Crippen molar-refractivity contribution >= 4 is 53.0 Å². The second-order valence-corrected chi connectivity index (χ2v) is 16.0. The lowest BCUT2D eigenvalue weighted by Gasteiger charge is -2.43. The Hall–Kier alpha value is -4.03. The Morgan fingerprint density at radius 1 is 0.833 bits per heavy atom. The van der Waals surface area contributed by atoms with E-state index in [9.17, 15) is 24.0 Å². The van der Waals surface area contributed by atoms with Gasteiger partial charge in [-0.05, 0) is 83.1 Å². The lowest BCUT2D eigenvalue weighted by Crippen LogP contribution is -2.60. The molecule has 0 radical (unpaired) electrons. The van der Waals surface area contributed by atoms with Gasteiger partial charge in [-0.15, -0.1) is 0 Å². The van der Waals surface area contributed by atoms with E-state index in [1.54, 1.807) is 32.9 Å². The molecule has 14 heteroatoms. The first-order valence-electron chi connectivity index (χ1n) is 19.0. The topological polar surface area (TPSA) is 140 Å². The van der Waals surface area contributed by atoms with E-state index in [0.717, 1.165) is 24.0 Å². The van der Waals surface area contributed by atoms with E-state index in [2.05, 4.69) is 16.0 Å². The van der Waals surface area contributed by atoms with Gasteiger partial charge in [0.1, 0.15) is 11.6 Å². The highest BCUT2D eigenvalue weighted by Crippen LogP contribution is 2.35. The van der Waals surface area contributed by atoms with E-state index in [1.807, 2.05) is 58.0 Å². The summed E-state index contributed by atoms with van der Waals surface area (Å²) in [5.41, 5.74) is 0.382. The molecule has 2 atom stereocenters. The van der Waals surface area contributed by atoms with Crippen molar-refractivity contribution < 1.29 is 28.7 Å². The smallest absolute Gasteiger partial charge is 0.407 e. The van der Waals surface area contributed by atoms with E-state index in [1.165, 1.54) is 0 Å². The van der Waals surface area contributed by atoms with Gasteiger partial charge in [-0.25, -0.2) is 9.59 Å². The van der Waals surface area contributed by atoms with Crippen LogP contribution in [0.4, 0.5) is 9.59 Å². The number of benzene rings is 2. The fraction of sp³-hybridized carbons (Fsp3) is 0.575. The van der Waals surface area contributed by atoms with Gasteiger partial charge >= 0.3 is 12.1 Å². The van der Waals surface area contributed by atoms with E-state index < -0.39 is 29.2 Å². The molecule has 0 aliphatic carbocycles. The third kappa shape index (κ3) is 12.8. The van der Waals surface area contributed by atoms with Crippen LogP contribution in [0.5, 0.6) is 0 Å². The van der Waals surface area contributed by atoms with Crippen molar-refractivity contribution in [3.63, 3.8) is 0 Å². The van der Waals surface area contributed by atoms with Gasteiger partial charge in [0.15, 0.2) is 0 Å². The van der Waals surface area contributed by atoms with Crippen molar-refractivity contribution in [1.29, 1.82) is 0 Å². The van der Waals surface area contributed by atoms with Crippen LogP contribution in [0, 0.1) is 5.41 Å². The summed E-state index contributed by atoms with van der Waals surface area (Å²) in [5.74, 6) is -0.330. The molecular weight excluding hydrogens is 731 g/mol. The summed E-state index contributed by atoms with van der Waals surface area (Å²) >= 11 is 12.5. The van der Waals surface area contributed by atoms with Crippen LogP contribution in [0.25, 0.3) is 0 Å². The molecule has 2 aromatic carbocycles. The SMILES string of the molecule is CCNC(=O)[C@]1(Cc2ccccc2)CCCN(C(=O)C(Cc2ccc(Cl)c(Cl)c2)NC(=O)N2CCN(C(=O)CCCCCNC(=O)OC(C)(C)C)CC2)C1. The van der Waals surface area contributed by atoms with Gasteiger partial charge in [-0.3, -0.25) is 14.4 Å². The molecule has 0 spiro atoms. The number of alkyl carbamates (subject to hydrolysis) is 1. The number of nitrogens with zero attached hydrogens (tertiary/aromatic N) is 3. The molecule has 2 fully saturated rings. The Balaban J connectivity index is 1.36. The molecule has 2 saturated heterocycles. The number of rotatable bonds is 14. The molecule has 6 amide bonds. The number of hydrogen-bond donors (Lipinski definition) is 3. The number of nitrogens with one attached hydrogen (secondary N) is 3. The van der Waals surface area contributed by atoms with Crippen LogP contribution in [0.1, 0.15) is 77.3 Å². The summed E-state index contributed by atoms with van der Waals surface area (Å²) in [6.45, 7) is 10.4. The monoisotopic (exact) mass is 786 g/mol. The molecule has 1 unspecified atom stereocenters. The predicted molar refractivity (Wildman–Crippen MR) is 210 cm³/mol. The molecule has 2 aliphatic heterocycles. The molecule has 54 heavy (non-hydrogen) atoms. The third-order valence-corrected chi connectivity index (χ3v) is 10.5. The quantitative estimate of drug-likeness (QED) is 0.206. The number of carbonyl (C=O) groups is 5. The van der Waals surface area contributed by atoms with Crippen molar-refractivity contribution in [3.8, 4) is 0 Å². The van der Waals surface area contributed by atoms with Crippen molar-refractivity contribution in [2.45, 2.75) is 90.7 Å². The minimum Gasteiger partial charge on any atom is -0.444 e. The number of carbonyl (C=O) groups excluding carboxylic acids is 5. The van der Waals surface area contributed by atoms with E-state index >= 15 is 0 Å². The molecule has 0 saturated carbocycles. The van der Waals surface area contributed by atoms with Gasteiger partial charge in [0.05, 0.1) is 15.5 Å². The lowest BCUT2D eigenvalue weighted by atomic mass is 9.74. The average molecular weight is 788 g/mol. The summed E-state index contributed by atoms with van der Waals surface area (Å²) in [4.78, 5) is 71.7. The Bertz CT molecular complexity index is 1600. The Kier molecular flexibility index (Phi) is 15.9. The molecular formula is C40H56Cl2N6O6. The minimum atomic E-state index is -0.930. The summed E-state index contributed by atoms with van der Waals surface area (Å²) in [5, 5.41) is 9.47. The number of likely N-dealkylation sites (tertiary alicyclic amines) is 1. The molecule has 12 nitrogen and oxygen atoms in total. The summed E-state index contributed by atoms with van der Waals surface area (Å²) in [6, 6.07) is 13.6. The molecule has 0 aromatic heterocycles. The van der Waals surface area contributed by atoms with Gasteiger partial charge in [0.25, 0.3) is 0 Å². The number of hydrogen-bond acceptors (Lipinski definition) is 6. The molecule has 0 bridgehead atoms. The van der Waals surface area contributed by atoms with Crippen molar-refractivity contribution in [2.24, 2.45) is 5.41 Å². The average Bonchev–Trinajstić information content (AvgIpc) is 3.13. The second-order valence-electron chi connectivity index (χ2n) is 15.2. The summed E-state index contributed by atoms with van der Waals surface area (Å²) in [6.07, 6.45) is 4.09. The van der Waals surface area contributed by atoms with Crippen LogP contribution < -0.4 is 16.0 Å². The molecule has 3 N–H and O–H groups in total. The predicted octanol–water partition coefficient (Wildman–Crippen LogP) is 5.83. The zero-order valence-corrected chi connectivity index (χ0v) is 33.6. The highest BCUT2D eigenvalue weighted by Gasteiger charge is 2.44. The maximum absolute atomic E-state index is 14.4. The number of urea groups is 1. The van der Waals surface area contributed by atoms with E-state index in [-0.39, 0.29) is 30.7 Å². The molecule has 2 aromatic rings. The number of amides is 6. The fourth-order valence-electron chi connectivity index (χ4n) is 7.03.